The van der Waals surface area contributed by atoms with Crippen LogP contribution in [0.25, 0.3) is 0 Å². The van der Waals surface area contributed by atoms with Crippen molar-refractivity contribution in [3.8, 4) is 0 Å². The van der Waals surface area contributed by atoms with Gasteiger partial charge in [0, 0.05) is 0 Å². The van der Waals surface area contributed by atoms with Crippen molar-refractivity contribution in [3.05, 3.63) is 0 Å². The second kappa shape index (κ2) is 7.03. The van der Waals surface area contributed by atoms with Crippen molar-refractivity contribution in [1.29, 1.82) is 0 Å². The van der Waals surface area contributed by atoms with Gasteiger partial charge in [0.05, 0.1) is 6.54 Å². The predicted molar refractivity (Wildman–Crippen MR) is 26.5 cm³/mol. The van der Waals surface area contributed by atoms with Crippen LogP contribution in [0.5, 0.6) is 0 Å². The Morgan fingerprint density at radius 3 is 2.14 bits per heavy atom. The van der Waals surface area contributed by atoms with Gasteiger partial charge in [0.1, 0.15) is 0 Å². The number of carbonyl (C=O) groups excluding carboxylic acids is 1. The summed E-state index contributed by atoms with van der Waals surface area (Å²) in [7, 11) is 0. The average molecular weight is 130 g/mol. The summed E-state index contributed by atoms with van der Waals surface area (Å²) in [4.78, 5) is 13.3. The summed E-state index contributed by atoms with van der Waals surface area (Å²) in [6.07, 6.45) is 0. The van der Waals surface area contributed by atoms with Gasteiger partial charge in [0.25, 0.3) is 0 Å². The Balaban J connectivity index is 0. The third-order valence-electron chi connectivity index (χ3n) is 0.298. The molecule has 0 heterocycles. The zero-order valence-corrected chi connectivity index (χ0v) is 3.18. The van der Waals surface area contributed by atoms with Crippen molar-refractivity contribution < 1.29 is 9.63 Å². The van der Waals surface area contributed by atoms with Crippen LogP contribution in [0.4, 0.5) is 0 Å². The summed E-state index contributed by atoms with van der Waals surface area (Å²) < 4.78 is 0. The molecule has 0 saturated heterocycles. The molecule has 0 aromatic heterocycles. The fourth-order valence-corrected chi connectivity index (χ4v) is 0.0481. The first-order valence-electron chi connectivity index (χ1n) is 1.41. The summed E-state index contributed by atoms with van der Waals surface area (Å²) in [5, 5.41) is 0. The summed E-state index contributed by atoms with van der Waals surface area (Å²) in [5.41, 5.74) is 4.73. The minimum absolute atomic E-state index is 0. The van der Waals surface area contributed by atoms with Gasteiger partial charge in [-0.05, 0) is 0 Å². The summed E-state index contributed by atoms with van der Waals surface area (Å²) in [6.45, 7) is -0.156. The first-order valence-corrected chi connectivity index (χ1v) is 1.41. The van der Waals surface area contributed by atoms with E-state index in [4.69, 9.17) is 5.73 Å². The summed E-state index contributed by atoms with van der Waals surface area (Å²) in [6, 6.07) is 0. The van der Waals surface area contributed by atoms with Crippen molar-refractivity contribution >= 4 is 57.4 Å². The standard InChI is InChI=1S/C2H6N2O2.K.H/c3-1-2(5)6-4;;/h1,3-4H2;;. The van der Waals surface area contributed by atoms with Crippen LogP contribution >= 0.6 is 0 Å². The molecular weight excluding hydrogens is 123 g/mol. The number of hydrogen-bond donors (Lipinski definition) is 2. The molecule has 7 heavy (non-hydrogen) atoms. The van der Waals surface area contributed by atoms with Crippen LogP contribution < -0.4 is 11.6 Å². The molecule has 0 aliphatic rings. The predicted octanol–water partition coefficient (Wildman–Crippen LogP) is -2.29. The Hall–Kier alpha value is 1.03. The van der Waals surface area contributed by atoms with Crippen LogP contribution in [-0.4, -0.2) is 63.9 Å². The molecule has 0 aromatic rings. The van der Waals surface area contributed by atoms with E-state index in [0.717, 1.165) is 0 Å². The molecule has 0 rings (SSSR count). The zero-order valence-electron chi connectivity index (χ0n) is 3.18. The van der Waals surface area contributed by atoms with Gasteiger partial charge in [0.15, 0.2) is 0 Å². The van der Waals surface area contributed by atoms with Crippen LogP contribution in [0.1, 0.15) is 0 Å². The van der Waals surface area contributed by atoms with Crippen molar-refractivity contribution in [2.45, 2.75) is 0 Å². The Kier molecular flexibility index (Phi) is 11.0. The summed E-state index contributed by atoms with van der Waals surface area (Å²) >= 11 is 0. The van der Waals surface area contributed by atoms with Gasteiger partial charge < -0.3 is 10.6 Å². The van der Waals surface area contributed by atoms with Crippen LogP contribution in [0.15, 0.2) is 0 Å². The van der Waals surface area contributed by atoms with Crippen molar-refractivity contribution in [3.63, 3.8) is 0 Å². The molecule has 0 aromatic carbocycles. The van der Waals surface area contributed by atoms with Gasteiger partial charge in [-0.15, -0.1) is 0 Å². The van der Waals surface area contributed by atoms with Gasteiger partial charge in [0.2, 0.25) is 0 Å². The Morgan fingerprint density at radius 2 is 2.14 bits per heavy atom. The molecule has 0 amide bonds. The average Bonchev–Trinajstić information content (AvgIpc) is 1.65. The fourth-order valence-electron chi connectivity index (χ4n) is 0.0481. The molecule has 0 saturated carbocycles. The Morgan fingerprint density at radius 1 is 1.71 bits per heavy atom. The Bertz CT molecular complexity index is 51.7. The monoisotopic (exact) mass is 130 g/mol. The third kappa shape index (κ3) is 7.03. The molecule has 0 aliphatic carbocycles. The van der Waals surface area contributed by atoms with E-state index in [-0.39, 0.29) is 57.9 Å². The molecule has 38 valence electrons. The van der Waals surface area contributed by atoms with E-state index >= 15 is 0 Å². The molecule has 0 fully saturated rings. The van der Waals surface area contributed by atoms with Gasteiger partial charge in [-0.2, -0.15) is 5.90 Å². The molecule has 0 radical (unpaired) electrons. The number of rotatable bonds is 1. The number of nitrogens with two attached hydrogens (primary N) is 2. The van der Waals surface area contributed by atoms with Gasteiger partial charge in [-0.3, -0.25) is 0 Å². The van der Waals surface area contributed by atoms with Gasteiger partial charge in [-0.1, -0.05) is 0 Å². The summed E-state index contributed by atoms with van der Waals surface area (Å²) in [5.74, 6) is 3.75. The van der Waals surface area contributed by atoms with Gasteiger partial charge >= 0.3 is 57.4 Å². The van der Waals surface area contributed by atoms with Crippen molar-refractivity contribution in [2.24, 2.45) is 11.6 Å². The second-order valence-corrected chi connectivity index (χ2v) is 0.694. The molecule has 4 N–H and O–H groups in total. The van der Waals surface area contributed by atoms with Crippen molar-refractivity contribution in [2.75, 3.05) is 6.54 Å². The molecule has 5 heteroatoms. The SMILES string of the molecule is NCC(=O)ON.[KH]. The van der Waals surface area contributed by atoms with E-state index in [0.29, 0.717) is 0 Å². The van der Waals surface area contributed by atoms with Crippen LogP contribution in [0.2, 0.25) is 0 Å². The second-order valence-electron chi connectivity index (χ2n) is 0.694. The molecule has 0 atom stereocenters. The Labute approximate surface area is 83.9 Å². The fraction of sp³-hybridized carbons (Fsp3) is 0.500. The van der Waals surface area contributed by atoms with E-state index in [1.165, 1.54) is 0 Å². The van der Waals surface area contributed by atoms with E-state index in [1.54, 1.807) is 0 Å². The quantitative estimate of drug-likeness (QED) is 0.309. The number of carbonyl (C=O) groups is 1. The molecule has 0 bridgehead atoms. The van der Waals surface area contributed by atoms with Crippen LogP contribution in [0.3, 0.4) is 0 Å². The van der Waals surface area contributed by atoms with Crippen molar-refractivity contribution in [1.82, 2.24) is 0 Å². The zero-order chi connectivity index (χ0) is 4.99. The van der Waals surface area contributed by atoms with E-state index in [9.17, 15) is 4.79 Å². The maximum atomic E-state index is 9.71. The topological polar surface area (TPSA) is 78.3 Å². The molecule has 0 unspecified atom stereocenters. The van der Waals surface area contributed by atoms with E-state index in [1.807, 2.05) is 0 Å². The van der Waals surface area contributed by atoms with E-state index in [2.05, 4.69) is 10.7 Å². The normalized spacial score (nSPS) is 6.57. The minimum atomic E-state index is -0.602. The molecule has 0 aliphatic heterocycles. The van der Waals surface area contributed by atoms with Crippen LogP contribution in [-0.2, 0) is 9.63 Å². The van der Waals surface area contributed by atoms with Crippen LogP contribution in [0, 0.1) is 0 Å². The van der Waals surface area contributed by atoms with E-state index < -0.39 is 5.97 Å². The first-order chi connectivity index (χ1) is 2.81. The number of hydrogen-bond acceptors (Lipinski definition) is 4. The third-order valence-corrected chi connectivity index (χ3v) is 0.298. The first kappa shape index (κ1) is 10.9. The molecule has 4 nitrogen and oxygen atoms in total. The maximum absolute atomic E-state index is 9.71. The molecular formula is C2H7KN2O2. The van der Waals surface area contributed by atoms with Gasteiger partial charge in [-0.25, -0.2) is 4.79 Å². The molecule has 0 spiro atoms.